The van der Waals surface area contributed by atoms with Gasteiger partial charge in [0, 0.05) is 30.6 Å². The van der Waals surface area contributed by atoms with Crippen LogP contribution in [0.1, 0.15) is 70.8 Å². The third-order valence-corrected chi connectivity index (χ3v) is 4.62. The van der Waals surface area contributed by atoms with Crippen LogP contribution in [0.2, 0.25) is 0 Å². The second-order valence-electron chi connectivity index (χ2n) is 7.37. The van der Waals surface area contributed by atoms with E-state index in [-0.39, 0.29) is 17.4 Å². The minimum atomic E-state index is -0.0174. The average Bonchev–Trinajstić information content (AvgIpc) is 2.98. The van der Waals surface area contributed by atoms with Gasteiger partial charge in [-0.25, -0.2) is 9.50 Å². The van der Waals surface area contributed by atoms with Crippen LogP contribution in [0.3, 0.4) is 0 Å². The Hall–Kier alpha value is -1.91. The van der Waals surface area contributed by atoms with Gasteiger partial charge in [0.15, 0.2) is 5.65 Å². The number of hydrogen-bond acceptors (Lipinski definition) is 3. The third-order valence-electron chi connectivity index (χ3n) is 4.62. The van der Waals surface area contributed by atoms with Gasteiger partial charge < -0.3 is 4.90 Å². The number of aromatic nitrogens is 3. The van der Waals surface area contributed by atoms with Gasteiger partial charge >= 0.3 is 0 Å². The maximum atomic E-state index is 12.3. The summed E-state index contributed by atoms with van der Waals surface area (Å²) in [6, 6.07) is 4.17. The van der Waals surface area contributed by atoms with Crippen molar-refractivity contribution in [1.82, 2.24) is 19.5 Å². The first-order valence-electron chi connectivity index (χ1n) is 8.56. The van der Waals surface area contributed by atoms with Gasteiger partial charge in [0.25, 0.3) is 0 Å². The Balaban J connectivity index is 2.07. The van der Waals surface area contributed by atoms with E-state index in [0.29, 0.717) is 6.42 Å². The summed E-state index contributed by atoms with van der Waals surface area (Å²) in [6.07, 6.45) is 5.62. The lowest BCUT2D eigenvalue weighted by molar-refractivity contribution is -0.134. The lowest BCUT2D eigenvalue weighted by atomic mass is 9.93. The van der Waals surface area contributed by atoms with Crippen LogP contribution in [0.15, 0.2) is 18.3 Å². The van der Waals surface area contributed by atoms with Gasteiger partial charge in [-0.2, -0.15) is 5.10 Å². The summed E-state index contributed by atoms with van der Waals surface area (Å²) in [5.74, 6) is 0.225. The normalized spacial score (nSPS) is 19.3. The van der Waals surface area contributed by atoms with E-state index in [2.05, 4.69) is 31.8 Å². The van der Waals surface area contributed by atoms with Gasteiger partial charge in [0.1, 0.15) is 0 Å². The largest absolute Gasteiger partial charge is 0.334 e. The van der Waals surface area contributed by atoms with Crippen LogP contribution in [0.4, 0.5) is 0 Å². The number of rotatable bonds is 2. The lowest BCUT2D eigenvalue weighted by Gasteiger charge is -2.35. The van der Waals surface area contributed by atoms with Crippen LogP contribution in [0.25, 0.3) is 5.65 Å². The summed E-state index contributed by atoms with van der Waals surface area (Å²) in [7, 11) is 0. The molecule has 3 heterocycles. The van der Waals surface area contributed by atoms with Crippen molar-refractivity contribution < 1.29 is 4.79 Å². The van der Waals surface area contributed by atoms with Crippen molar-refractivity contribution in [2.75, 3.05) is 6.54 Å². The molecular weight excluding hydrogens is 288 g/mol. The fourth-order valence-electron chi connectivity index (χ4n) is 3.27. The molecule has 2 aromatic rings. The van der Waals surface area contributed by atoms with Crippen molar-refractivity contribution in [3.63, 3.8) is 0 Å². The summed E-state index contributed by atoms with van der Waals surface area (Å²) in [5.41, 5.74) is 2.95. The Morgan fingerprint density at radius 1 is 1.35 bits per heavy atom. The predicted octanol–water partition coefficient (Wildman–Crippen LogP) is 3.49. The Bertz CT molecular complexity index is 713. The van der Waals surface area contributed by atoms with E-state index in [1.54, 1.807) is 0 Å². The van der Waals surface area contributed by atoms with Gasteiger partial charge in [0.05, 0.1) is 17.4 Å². The van der Waals surface area contributed by atoms with Crippen LogP contribution >= 0.6 is 0 Å². The van der Waals surface area contributed by atoms with Crippen LogP contribution in [0, 0.1) is 0 Å². The lowest BCUT2D eigenvalue weighted by Crippen LogP contribution is -2.39. The Kier molecular flexibility index (Phi) is 4.13. The Morgan fingerprint density at radius 2 is 2.13 bits per heavy atom. The van der Waals surface area contributed by atoms with E-state index in [1.807, 2.05) is 28.6 Å². The zero-order chi connectivity index (χ0) is 16.6. The molecule has 0 aliphatic carbocycles. The molecule has 0 radical (unpaired) electrons. The molecular formula is C18H26N4O. The zero-order valence-electron chi connectivity index (χ0n) is 14.5. The topological polar surface area (TPSA) is 50.5 Å². The summed E-state index contributed by atoms with van der Waals surface area (Å²) < 4.78 is 1.94. The monoisotopic (exact) mass is 314 g/mol. The molecule has 1 amide bonds. The molecule has 1 unspecified atom stereocenters. The van der Waals surface area contributed by atoms with E-state index >= 15 is 0 Å². The van der Waals surface area contributed by atoms with Gasteiger partial charge in [-0.3, -0.25) is 4.79 Å². The highest BCUT2D eigenvalue weighted by molar-refractivity contribution is 5.76. The molecule has 3 rings (SSSR count). The van der Waals surface area contributed by atoms with Crippen LogP contribution in [0.5, 0.6) is 0 Å². The molecule has 0 N–H and O–H groups in total. The van der Waals surface area contributed by atoms with Gasteiger partial charge in [0.2, 0.25) is 5.91 Å². The first-order valence-corrected chi connectivity index (χ1v) is 8.56. The number of amides is 1. The highest BCUT2D eigenvalue weighted by Crippen LogP contribution is 2.32. The second-order valence-corrected chi connectivity index (χ2v) is 7.37. The molecule has 23 heavy (non-hydrogen) atoms. The number of likely N-dealkylation sites (tertiary alicyclic amines) is 1. The van der Waals surface area contributed by atoms with E-state index in [9.17, 15) is 4.79 Å². The first-order chi connectivity index (χ1) is 10.9. The SMILES string of the molecule is CCC(=O)N1CCCCC1c1ccnc2cc(C(C)(C)C)nn12. The molecule has 1 aliphatic heterocycles. The molecule has 5 heteroatoms. The minimum Gasteiger partial charge on any atom is -0.334 e. The van der Waals surface area contributed by atoms with E-state index in [1.165, 1.54) is 0 Å². The summed E-state index contributed by atoms with van der Waals surface area (Å²) >= 11 is 0. The predicted molar refractivity (Wildman–Crippen MR) is 90.3 cm³/mol. The number of carbonyl (C=O) groups excluding carboxylic acids is 1. The van der Waals surface area contributed by atoms with Gasteiger partial charge in [-0.15, -0.1) is 0 Å². The molecule has 1 atom stereocenters. The van der Waals surface area contributed by atoms with E-state index in [0.717, 1.165) is 42.8 Å². The molecule has 0 aromatic carbocycles. The standard InChI is InChI=1S/C18H26N4O/c1-5-17(23)21-11-7-6-8-13(21)14-9-10-19-16-12-15(18(2,3)4)20-22(14)16/h9-10,12-13H,5-8,11H2,1-4H3. The quantitative estimate of drug-likeness (QED) is 0.852. The number of piperidine rings is 1. The number of hydrogen-bond donors (Lipinski definition) is 0. The van der Waals surface area contributed by atoms with E-state index < -0.39 is 0 Å². The van der Waals surface area contributed by atoms with Crippen LogP contribution < -0.4 is 0 Å². The molecule has 124 valence electrons. The molecule has 2 aromatic heterocycles. The maximum Gasteiger partial charge on any atom is 0.222 e. The number of fused-ring (bicyclic) bond motifs is 1. The van der Waals surface area contributed by atoms with Crippen molar-refractivity contribution >= 4 is 11.6 Å². The minimum absolute atomic E-state index is 0.0174. The highest BCUT2D eigenvalue weighted by Gasteiger charge is 2.29. The zero-order valence-corrected chi connectivity index (χ0v) is 14.5. The van der Waals surface area contributed by atoms with E-state index in [4.69, 9.17) is 5.10 Å². The van der Waals surface area contributed by atoms with Crippen LogP contribution in [-0.4, -0.2) is 31.9 Å². The molecule has 1 aliphatic rings. The number of carbonyl (C=O) groups is 1. The van der Waals surface area contributed by atoms with Gasteiger partial charge in [-0.1, -0.05) is 27.7 Å². The third kappa shape index (κ3) is 2.96. The molecule has 1 saturated heterocycles. The Labute approximate surface area is 137 Å². The molecule has 1 fully saturated rings. The fourth-order valence-corrected chi connectivity index (χ4v) is 3.27. The van der Waals surface area contributed by atoms with Crippen molar-refractivity contribution in [2.45, 2.75) is 64.8 Å². The summed E-state index contributed by atoms with van der Waals surface area (Å²) in [4.78, 5) is 18.8. The second kappa shape index (κ2) is 5.95. The molecule has 0 saturated carbocycles. The maximum absolute atomic E-state index is 12.3. The van der Waals surface area contributed by atoms with Crippen molar-refractivity contribution in [1.29, 1.82) is 0 Å². The van der Waals surface area contributed by atoms with Gasteiger partial charge in [-0.05, 0) is 25.3 Å². The smallest absolute Gasteiger partial charge is 0.222 e. The fraction of sp³-hybridized carbons (Fsp3) is 0.611. The molecule has 0 spiro atoms. The van der Waals surface area contributed by atoms with Crippen molar-refractivity contribution in [3.8, 4) is 0 Å². The average molecular weight is 314 g/mol. The van der Waals surface area contributed by atoms with Crippen molar-refractivity contribution in [2.24, 2.45) is 0 Å². The highest BCUT2D eigenvalue weighted by atomic mass is 16.2. The molecule has 5 nitrogen and oxygen atoms in total. The Morgan fingerprint density at radius 3 is 2.83 bits per heavy atom. The molecule has 0 bridgehead atoms. The summed E-state index contributed by atoms with van der Waals surface area (Å²) in [6.45, 7) is 9.24. The number of nitrogens with zero attached hydrogens (tertiary/aromatic N) is 4. The summed E-state index contributed by atoms with van der Waals surface area (Å²) in [5, 5.41) is 4.79. The van der Waals surface area contributed by atoms with Crippen molar-refractivity contribution in [3.05, 3.63) is 29.7 Å². The van der Waals surface area contributed by atoms with Crippen LogP contribution in [-0.2, 0) is 10.2 Å². The first kappa shape index (κ1) is 16.0.